The predicted molar refractivity (Wildman–Crippen MR) is 112 cm³/mol. The molecular weight excluding hydrogens is 360 g/mol. The summed E-state index contributed by atoms with van der Waals surface area (Å²) in [5.41, 5.74) is 0.757. The van der Waals surface area contributed by atoms with E-state index in [-0.39, 0.29) is 18.2 Å². The summed E-state index contributed by atoms with van der Waals surface area (Å²) in [6, 6.07) is 7.57. The second-order valence-corrected chi connectivity index (χ2v) is 7.03. The van der Waals surface area contributed by atoms with Crippen LogP contribution in [0.25, 0.3) is 5.76 Å². The van der Waals surface area contributed by atoms with Gasteiger partial charge in [0.1, 0.15) is 5.76 Å². The predicted octanol–water partition coefficient (Wildman–Crippen LogP) is 4.11. The highest BCUT2D eigenvalue weighted by Crippen LogP contribution is 2.21. The van der Waals surface area contributed by atoms with Gasteiger partial charge in [-0.15, -0.1) is 11.8 Å². The molecule has 0 saturated heterocycles. The van der Waals surface area contributed by atoms with Gasteiger partial charge in [0.25, 0.3) is 5.91 Å². The molecule has 1 fully saturated rings. The quantitative estimate of drug-likeness (QED) is 0.418. The van der Waals surface area contributed by atoms with Crippen LogP contribution in [0.4, 0.5) is 0 Å². The monoisotopic (exact) mass is 390 g/mol. The zero-order chi connectivity index (χ0) is 20.1. The molecule has 0 aromatic heterocycles. The maximum atomic E-state index is 11.7. The number of benzene rings is 1. The Balaban J connectivity index is 0.000000511. The molecule has 0 spiro atoms. The van der Waals surface area contributed by atoms with Gasteiger partial charge < -0.3 is 15.4 Å². The Morgan fingerprint density at radius 2 is 1.56 bits per heavy atom. The van der Waals surface area contributed by atoms with Crippen LogP contribution in [-0.2, 0) is 14.3 Å². The minimum Gasteiger partial charge on any atom is -0.452 e. The first-order chi connectivity index (χ1) is 13.0. The average molecular weight is 391 g/mol. The SMILES string of the molecule is C1CCCCC1.C=C(OC(=C)c1ccc(SC)cc1)C(=O)NCC(=O)NC. The van der Waals surface area contributed by atoms with E-state index in [1.54, 1.807) is 11.8 Å². The number of hydrogen-bond acceptors (Lipinski definition) is 4. The molecule has 2 rings (SSSR count). The van der Waals surface area contributed by atoms with Gasteiger partial charge in [0.05, 0.1) is 6.54 Å². The van der Waals surface area contributed by atoms with E-state index in [0.717, 1.165) is 10.5 Å². The first-order valence-electron chi connectivity index (χ1n) is 9.16. The van der Waals surface area contributed by atoms with E-state index >= 15 is 0 Å². The van der Waals surface area contributed by atoms with Crippen molar-refractivity contribution in [2.24, 2.45) is 0 Å². The van der Waals surface area contributed by atoms with Crippen LogP contribution < -0.4 is 10.6 Å². The molecule has 1 saturated carbocycles. The summed E-state index contributed by atoms with van der Waals surface area (Å²) in [6.45, 7) is 7.16. The van der Waals surface area contributed by atoms with Crippen LogP contribution in [0.1, 0.15) is 44.1 Å². The Morgan fingerprint density at radius 3 is 2.00 bits per heavy atom. The number of carbonyl (C=O) groups excluding carboxylic acids is 2. The van der Waals surface area contributed by atoms with Gasteiger partial charge in [-0.3, -0.25) is 9.59 Å². The summed E-state index contributed by atoms with van der Waals surface area (Å²) in [5.74, 6) is -0.649. The van der Waals surface area contributed by atoms with Crippen molar-refractivity contribution in [3.05, 3.63) is 48.7 Å². The van der Waals surface area contributed by atoms with Crippen molar-refractivity contribution in [2.45, 2.75) is 43.4 Å². The summed E-state index contributed by atoms with van der Waals surface area (Å²) >= 11 is 1.63. The number of amides is 2. The van der Waals surface area contributed by atoms with E-state index < -0.39 is 5.91 Å². The molecule has 0 bridgehead atoms. The van der Waals surface area contributed by atoms with Crippen LogP contribution in [0.5, 0.6) is 0 Å². The molecule has 5 nitrogen and oxygen atoms in total. The number of carbonyl (C=O) groups is 2. The standard InChI is InChI=1S/C15H18N2O3S.C6H12/c1-10(12-5-7-13(21-4)8-6-12)20-11(2)15(19)17-9-14(18)16-3;1-2-4-6-5-3-1/h5-8H,1-2,9H2,3-4H3,(H,16,18)(H,17,19);1-6H2. The van der Waals surface area contributed by atoms with Gasteiger partial charge >= 0.3 is 0 Å². The van der Waals surface area contributed by atoms with Crippen molar-refractivity contribution < 1.29 is 14.3 Å². The molecule has 1 aromatic rings. The lowest BCUT2D eigenvalue weighted by Gasteiger charge is -2.11. The van der Waals surface area contributed by atoms with Crippen LogP contribution in [0.2, 0.25) is 0 Å². The van der Waals surface area contributed by atoms with Gasteiger partial charge in [0, 0.05) is 17.5 Å². The molecule has 1 aliphatic carbocycles. The van der Waals surface area contributed by atoms with Gasteiger partial charge in [0.15, 0.2) is 5.76 Å². The third-order valence-electron chi connectivity index (χ3n) is 4.10. The summed E-state index contributed by atoms with van der Waals surface area (Å²) < 4.78 is 5.30. The molecule has 0 aliphatic heterocycles. The van der Waals surface area contributed by atoms with Crippen LogP contribution in [-0.4, -0.2) is 31.7 Å². The zero-order valence-corrected chi connectivity index (χ0v) is 17.1. The second-order valence-electron chi connectivity index (χ2n) is 6.15. The Kier molecular flexibility index (Phi) is 11.0. The summed E-state index contributed by atoms with van der Waals surface area (Å²) in [6.07, 6.45) is 11.0. The molecule has 27 heavy (non-hydrogen) atoms. The second kappa shape index (κ2) is 13.0. The van der Waals surface area contributed by atoms with Gasteiger partial charge in [0.2, 0.25) is 5.91 Å². The molecule has 0 heterocycles. The first kappa shape index (κ1) is 22.8. The fraction of sp³-hybridized carbons (Fsp3) is 0.429. The number of likely N-dealkylation sites (N-methyl/N-ethyl adjacent to an activating group) is 1. The van der Waals surface area contributed by atoms with E-state index in [1.165, 1.54) is 45.6 Å². The van der Waals surface area contributed by atoms with E-state index in [4.69, 9.17) is 4.74 Å². The highest BCUT2D eigenvalue weighted by Gasteiger charge is 2.12. The lowest BCUT2D eigenvalue weighted by atomic mass is 10.0. The fourth-order valence-corrected chi connectivity index (χ4v) is 2.85. The molecular formula is C21H30N2O3S. The van der Waals surface area contributed by atoms with Crippen LogP contribution in [0.15, 0.2) is 48.1 Å². The third-order valence-corrected chi connectivity index (χ3v) is 4.84. The van der Waals surface area contributed by atoms with E-state index in [0.29, 0.717) is 5.76 Å². The van der Waals surface area contributed by atoms with Crippen molar-refractivity contribution in [3.8, 4) is 0 Å². The number of rotatable bonds is 7. The van der Waals surface area contributed by atoms with Crippen LogP contribution in [0, 0.1) is 0 Å². The molecule has 148 valence electrons. The Morgan fingerprint density at radius 1 is 1.04 bits per heavy atom. The van der Waals surface area contributed by atoms with Crippen LogP contribution >= 0.6 is 11.8 Å². The first-order valence-corrected chi connectivity index (χ1v) is 10.4. The minimum atomic E-state index is -0.555. The molecule has 0 unspecified atom stereocenters. The number of ether oxygens (including phenoxy) is 1. The minimum absolute atomic E-state index is 0.113. The normalized spacial score (nSPS) is 12.8. The summed E-state index contributed by atoms with van der Waals surface area (Å²) in [4.78, 5) is 23.8. The largest absolute Gasteiger partial charge is 0.452 e. The highest BCUT2D eigenvalue weighted by atomic mass is 32.2. The highest BCUT2D eigenvalue weighted by molar-refractivity contribution is 7.98. The van der Waals surface area contributed by atoms with Crippen molar-refractivity contribution in [1.82, 2.24) is 10.6 Å². The van der Waals surface area contributed by atoms with Gasteiger partial charge in [-0.25, -0.2) is 0 Å². The third kappa shape index (κ3) is 9.33. The van der Waals surface area contributed by atoms with Crippen molar-refractivity contribution >= 4 is 29.3 Å². The van der Waals surface area contributed by atoms with Crippen molar-refractivity contribution in [1.29, 1.82) is 0 Å². The smallest absolute Gasteiger partial charge is 0.286 e. The summed E-state index contributed by atoms with van der Waals surface area (Å²) in [5, 5.41) is 4.78. The summed E-state index contributed by atoms with van der Waals surface area (Å²) in [7, 11) is 1.49. The molecule has 2 N–H and O–H groups in total. The lowest BCUT2D eigenvalue weighted by molar-refractivity contribution is -0.125. The Labute approximate surface area is 166 Å². The molecule has 1 aliphatic rings. The van der Waals surface area contributed by atoms with E-state index in [1.807, 2.05) is 30.5 Å². The van der Waals surface area contributed by atoms with Crippen molar-refractivity contribution in [3.63, 3.8) is 0 Å². The lowest BCUT2D eigenvalue weighted by Crippen LogP contribution is -2.36. The molecule has 2 amide bonds. The molecule has 6 heteroatoms. The Hall–Kier alpha value is -2.21. The molecule has 1 aromatic carbocycles. The number of thioether (sulfide) groups is 1. The topological polar surface area (TPSA) is 67.4 Å². The fourth-order valence-electron chi connectivity index (χ4n) is 2.44. The van der Waals surface area contributed by atoms with Gasteiger partial charge in [-0.05, 0) is 18.4 Å². The molecule has 0 radical (unpaired) electrons. The maximum absolute atomic E-state index is 11.7. The Bertz CT molecular complexity index is 626. The van der Waals surface area contributed by atoms with Crippen LogP contribution in [0.3, 0.4) is 0 Å². The van der Waals surface area contributed by atoms with Gasteiger partial charge in [-0.2, -0.15) is 0 Å². The van der Waals surface area contributed by atoms with E-state index in [2.05, 4.69) is 23.8 Å². The van der Waals surface area contributed by atoms with Crippen molar-refractivity contribution in [2.75, 3.05) is 19.8 Å². The van der Waals surface area contributed by atoms with E-state index in [9.17, 15) is 9.59 Å². The number of hydrogen-bond donors (Lipinski definition) is 2. The zero-order valence-electron chi connectivity index (χ0n) is 16.3. The van der Waals surface area contributed by atoms with Gasteiger partial charge in [-0.1, -0.05) is 63.8 Å². The molecule has 0 atom stereocenters. The maximum Gasteiger partial charge on any atom is 0.286 e. The average Bonchev–Trinajstić information content (AvgIpc) is 2.73. The number of nitrogens with one attached hydrogen (secondary N) is 2.